The molecule has 1 N–H and O–H groups in total. The first-order valence-electron chi connectivity index (χ1n) is 7.77. The zero-order valence-electron chi connectivity index (χ0n) is 13.2. The van der Waals surface area contributed by atoms with Crippen LogP contribution in [0.25, 0.3) is 0 Å². The van der Waals surface area contributed by atoms with Gasteiger partial charge in [-0.15, -0.1) is 0 Å². The van der Waals surface area contributed by atoms with E-state index in [2.05, 4.69) is 18.7 Å². The first-order valence-corrected chi connectivity index (χ1v) is 7.77. The molecule has 0 aliphatic carbocycles. The normalized spacial score (nSPS) is 24.8. The molecule has 2 rings (SSSR count). The molecule has 21 heavy (non-hydrogen) atoms. The average Bonchev–Trinajstić information content (AvgIpc) is 2.45. The van der Waals surface area contributed by atoms with Crippen LogP contribution in [0, 0.1) is 11.7 Å². The largest absolute Gasteiger partial charge is 0.496 e. The topological polar surface area (TPSA) is 32.7 Å². The van der Waals surface area contributed by atoms with Crippen molar-refractivity contribution >= 4 is 0 Å². The number of hydrogen-bond acceptors (Lipinski definition) is 3. The van der Waals surface area contributed by atoms with E-state index >= 15 is 0 Å². The highest BCUT2D eigenvalue weighted by molar-refractivity contribution is 5.36. The highest BCUT2D eigenvalue weighted by Gasteiger charge is 2.24. The van der Waals surface area contributed by atoms with E-state index in [0.717, 1.165) is 19.0 Å². The second-order valence-corrected chi connectivity index (χ2v) is 6.17. The molecule has 0 saturated carbocycles. The van der Waals surface area contributed by atoms with Crippen molar-refractivity contribution in [3.05, 3.63) is 29.6 Å². The maximum absolute atomic E-state index is 13.9. The van der Waals surface area contributed by atoms with Crippen molar-refractivity contribution in [1.29, 1.82) is 0 Å². The Morgan fingerprint density at radius 2 is 2.19 bits per heavy atom. The van der Waals surface area contributed by atoms with Gasteiger partial charge >= 0.3 is 0 Å². The predicted octanol–water partition coefficient (Wildman–Crippen LogP) is 3.38. The van der Waals surface area contributed by atoms with Gasteiger partial charge in [-0.1, -0.05) is 13.0 Å². The van der Waals surface area contributed by atoms with Gasteiger partial charge in [0.05, 0.1) is 18.8 Å². The van der Waals surface area contributed by atoms with Crippen molar-refractivity contribution in [2.75, 3.05) is 20.2 Å². The number of aliphatic hydroxyl groups is 1. The molecule has 1 aromatic carbocycles. The van der Waals surface area contributed by atoms with Gasteiger partial charge in [-0.2, -0.15) is 0 Å². The van der Waals surface area contributed by atoms with Crippen molar-refractivity contribution < 1.29 is 14.2 Å². The van der Waals surface area contributed by atoms with E-state index in [4.69, 9.17) is 4.74 Å². The molecule has 3 nitrogen and oxygen atoms in total. The highest BCUT2D eigenvalue weighted by Crippen LogP contribution is 2.31. The van der Waals surface area contributed by atoms with Crippen LogP contribution in [-0.4, -0.2) is 36.2 Å². The third kappa shape index (κ3) is 3.95. The molecule has 0 spiro atoms. The van der Waals surface area contributed by atoms with Crippen molar-refractivity contribution in [3.63, 3.8) is 0 Å². The fourth-order valence-corrected chi connectivity index (χ4v) is 3.24. The summed E-state index contributed by atoms with van der Waals surface area (Å²) in [6.45, 7) is 6.36. The van der Waals surface area contributed by atoms with Crippen molar-refractivity contribution in [2.45, 2.75) is 45.3 Å². The highest BCUT2D eigenvalue weighted by atomic mass is 19.1. The number of rotatable bonds is 5. The lowest BCUT2D eigenvalue weighted by Gasteiger charge is -2.37. The molecule has 1 saturated heterocycles. The zero-order chi connectivity index (χ0) is 15.4. The molecule has 1 heterocycles. The monoisotopic (exact) mass is 295 g/mol. The Balaban J connectivity index is 1.97. The summed E-state index contributed by atoms with van der Waals surface area (Å²) >= 11 is 0. The third-order valence-electron chi connectivity index (χ3n) is 4.53. The van der Waals surface area contributed by atoms with Gasteiger partial charge in [0.1, 0.15) is 11.6 Å². The van der Waals surface area contributed by atoms with Crippen LogP contribution < -0.4 is 4.74 Å². The third-order valence-corrected chi connectivity index (χ3v) is 4.53. The molecule has 0 bridgehead atoms. The molecule has 118 valence electrons. The second kappa shape index (κ2) is 7.23. The number of benzene rings is 1. The summed E-state index contributed by atoms with van der Waals surface area (Å²) in [4.78, 5) is 2.39. The van der Waals surface area contributed by atoms with Crippen LogP contribution in [0.15, 0.2) is 18.2 Å². The Hall–Kier alpha value is -1.13. The molecule has 0 aromatic heterocycles. The van der Waals surface area contributed by atoms with Crippen LogP contribution in [0.2, 0.25) is 0 Å². The van der Waals surface area contributed by atoms with Gasteiger partial charge in [-0.3, -0.25) is 0 Å². The number of aliphatic hydroxyl groups excluding tert-OH is 1. The second-order valence-electron chi connectivity index (χ2n) is 6.17. The van der Waals surface area contributed by atoms with Crippen molar-refractivity contribution in [2.24, 2.45) is 5.92 Å². The Morgan fingerprint density at radius 3 is 2.86 bits per heavy atom. The van der Waals surface area contributed by atoms with Gasteiger partial charge in [0.25, 0.3) is 0 Å². The van der Waals surface area contributed by atoms with Gasteiger partial charge in [0.2, 0.25) is 0 Å². The number of halogens is 1. The summed E-state index contributed by atoms with van der Waals surface area (Å²) in [6, 6.07) is 5.18. The Bertz CT molecular complexity index is 466. The SMILES string of the molecule is COc1cccc(F)c1C(O)CCN1CCC(C)CC1C. The smallest absolute Gasteiger partial charge is 0.132 e. The summed E-state index contributed by atoms with van der Waals surface area (Å²) in [5, 5.41) is 10.3. The lowest BCUT2D eigenvalue weighted by molar-refractivity contribution is 0.0916. The summed E-state index contributed by atoms with van der Waals surface area (Å²) in [5.74, 6) is 0.790. The van der Waals surface area contributed by atoms with Crippen LogP contribution >= 0.6 is 0 Å². The molecule has 1 aliphatic rings. The Morgan fingerprint density at radius 1 is 1.43 bits per heavy atom. The standard InChI is InChI=1S/C17H26FNO2/c1-12-7-9-19(13(2)11-12)10-8-15(20)17-14(18)5-4-6-16(17)21-3/h4-6,12-13,15,20H,7-11H2,1-3H3. The summed E-state index contributed by atoms with van der Waals surface area (Å²) < 4.78 is 19.1. The van der Waals surface area contributed by atoms with Crippen LogP contribution in [0.3, 0.4) is 0 Å². The molecule has 0 radical (unpaired) electrons. The van der Waals surface area contributed by atoms with E-state index < -0.39 is 11.9 Å². The molecule has 0 amide bonds. The van der Waals surface area contributed by atoms with Gasteiger partial charge < -0.3 is 14.7 Å². The van der Waals surface area contributed by atoms with E-state index in [0.29, 0.717) is 18.2 Å². The molecule has 1 aromatic rings. The van der Waals surface area contributed by atoms with Crippen LogP contribution in [0.4, 0.5) is 4.39 Å². The van der Waals surface area contributed by atoms with Gasteiger partial charge in [0.15, 0.2) is 0 Å². The number of likely N-dealkylation sites (tertiary alicyclic amines) is 1. The average molecular weight is 295 g/mol. The van der Waals surface area contributed by atoms with E-state index in [1.54, 1.807) is 12.1 Å². The Labute approximate surface area is 126 Å². The summed E-state index contributed by atoms with van der Waals surface area (Å²) in [5.41, 5.74) is 0.276. The van der Waals surface area contributed by atoms with Crippen molar-refractivity contribution in [3.8, 4) is 5.75 Å². The fraction of sp³-hybridized carbons (Fsp3) is 0.647. The minimum atomic E-state index is -0.826. The minimum absolute atomic E-state index is 0.276. The van der Waals surface area contributed by atoms with Gasteiger partial charge in [0, 0.05) is 12.6 Å². The molecule has 3 atom stereocenters. The lowest BCUT2D eigenvalue weighted by Crippen LogP contribution is -2.41. The first kappa shape index (κ1) is 16.2. The molecular weight excluding hydrogens is 269 g/mol. The van der Waals surface area contributed by atoms with E-state index in [9.17, 15) is 9.50 Å². The zero-order valence-corrected chi connectivity index (χ0v) is 13.2. The summed E-state index contributed by atoms with van der Waals surface area (Å²) in [6.07, 6.45) is 2.09. The van der Waals surface area contributed by atoms with E-state index in [-0.39, 0.29) is 5.56 Å². The van der Waals surface area contributed by atoms with E-state index in [1.807, 2.05) is 0 Å². The Kier molecular flexibility index (Phi) is 5.59. The maximum atomic E-state index is 13.9. The van der Waals surface area contributed by atoms with Crippen LogP contribution in [-0.2, 0) is 0 Å². The minimum Gasteiger partial charge on any atom is -0.496 e. The maximum Gasteiger partial charge on any atom is 0.132 e. The molecule has 4 heteroatoms. The summed E-state index contributed by atoms with van der Waals surface area (Å²) in [7, 11) is 1.50. The first-order chi connectivity index (χ1) is 10.0. The van der Waals surface area contributed by atoms with Crippen LogP contribution in [0.1, 0.15) is 44.8 Å². The number of hydrogen-bond donors (Lipinski definition) is 1. The number of nitrogens with zero attached hydrogens (tertiary/aromatic N) is 1. The van der Waals surface area contributed by atoms with E-state index in [1.165, 1.54) is 26.0 Å². The number of methoxy groups -OCH3 is 1. The van der Waals surface area contributed by atoms with Crippen molar-refractivity contribution in [1.82, 2.24) is 4.90 Å². The number of piperidine rings is 1. The van der Waals surface area contributed by atoms with Crippen LogP contribution in [0.5, 0.6) is 5.75 Å². The predicted molar refractivity (Wildman–Crippen MR) is 82.0 cm³/mol. The quantitative estimate of drug-likeness (QED) is 0.904. The van der Waals surface area contributed by atoms with Gasteiger partial charge in [-0.25, -0.2) is 4.39 Å². The fourth-order valence-electron chi connectivity index (χ4n) is 3.24. The molecule has 1 fully saturated rings. The van der Waals surface area contributed by atoms with Gasteiger partial charge in [-0.05, 0) is 50.8 Å². The molecular formula is C17H26FNO2. The molecule has 1 aliphatic heterocycles. The number of ether oxygens (including phenoxy) is 1. The lowest BCUT2D eigenvalue weighted by atomic mass is 9.93. The molecule has 3 unspecified atom stereocenters.